The van der Waals surface area contributed by atoms with Gasteiger partial charge in [0.25, 0.3) is 0 Å². The summed E-state index contributed by atoms with van der Waals surface area (Å²) in [6.45, 7) is 0. The van der Waals surface area contributed by atoms with Crippen LogP contribution >= 0.6 is 0 Å². The zero-order valence-corrected chi connectivity index (χ0v) is 6.62. The van der Waals surface area contributed by atoms with Gasteiger partial charge in [0, 0.05) is 11.7 Å². The summed E-state index contributed by atoms with van der Waals surface area (Å²) in [5.41, 5.74) is 7.55. The van der Waals surface area contributed by atoms with Crippen molar-refractivity contribution >= 4 is 17.0 Å². The van der Waals surface area contributed by atoms with E-state index in [1.54, 1.807) is 6.20 Å². The van der Waals surface area contributed by atoms with Crippen LogP contribution in [-0.4, -0.2) is 4.98 Å². The molecule has 0 fully saturated rings. The molecule has 1 aromatic heterocycles. The van der Waals surface area contributed by atoms with Gasteiger partial charge in [-0.1, -0.05) is 12.1 Å². The molecule has 1 aromatic carbocycles. The minimum absolute atomic E-state index is 1.12. The monoisotopic (exact) mass is 158 g/mol. The van der Waals surface area contributed by atoms with Gasteiger partial charge < -0.3 is 10.7 Å². The van der Waals surface area contributed by atoms with Crippen molar-refractivity contribution in [2.45, 2.75) is 0 Å². The molecule has 0 unspecified atom stereocenters. The summed E-state index contributed by atoms with van der Waals surface area (Å²) in [6.07, 6.45) is 5.35. The molecule has 0 radical (unpaired) electrons. The average Bonchev–Trinajstić information content (AvgIpc) is 2.51. The van der Waals surface area contributed by atoms with E-state index in [1.807, 2.05) is 24.4 Å². The lowest BCUT2D eigenvalue weighted by Crippen LogP contribution is -1.77. The predicted molar refractivity (Wildman–Crippen MR) is 51.5 cm³/mol. The Hall–Kier alpha value is -1.70. The first-order chi connectivity index (χ1) is 5.90. The molecule has 0 aliphatic carbocycles. The molecule has 2 aromatic rings. The fraction of sp³-hybridized carbons (Fsp3) is 0. The lowest BCUT2D eigenvalue weighted by Gasteiger charge is -1.92. The highest BCUT2D eigenvalue weighted by molar-refractivity contribution is 5.81. The van der Waals surface area contributed by atoms with E-state index in [4.69, 9.17) is 5.73 Å². The maximum absolute atomic E-state index is 5.29. The van der Waals surface area contributed by atoms with E-state index >= 15 is 0 Å². The number of hydrogen-bond acceptors (Lipinski definition) is 1. The molecule has 0 amide bonds. The first-order valence-electron chi connectivity index (χ1n) is 3.85. The second-order valence-electron chi connectivity index (χ2n) is 2.68. The van der Waals surface area contributed by atoms with Gasteiger partial charge in [-0.2, -0.15) is 0 Å². The second kappa shape index (κ2) is 2.74. The fourth-order valence-electron chi connectivity index (χ4n) is 1.28. The second-order valence-corrected chi connectivity index (χ2v) is 2.68. The lowest BCUT2D eigenvalue weighted by molar-refractivity contribution is 1.47. The Morgan fingerprint density at radius 2 is 2.17 bits per heavy atom. The molecule has 2 rings (SSSR count). The van der Waals surface area contributed by atoms with Crippen LogP contribution in [-0.2, 0) is 0 Å². The van der Waals surface area contributed by atoms with Crippen LogP contribution < -0.4 is 5.73 Å². The SMILES string of the molecule is NC=Cc1ccc2cc[nH]c2c1. The molecule has 2 nitrogen and oxygen atoms in total. The Morgan fingerprint density at radius 1 is 1.25 bits per heavy atom. The summed E-state index contributed by atoms with van der Waals surface area (Å²) in [5.74, 6) is 0. The van der Waals surface area contributed by atoms with Crippen LogP contribution in [0.1, 0.15) is 5.56 Å². The highest BCUT2D eigenvalue weighted by Crippen LogP contribution is 2.14. The van der Waals surface area contributed by atoms with Gasteiger partial charge in [-0.05, 0) is 35.4 Å². The van der Waals surface area contributed by atoms with Crippen molar-refractivity contribution in [1.82, 2.24) is 4.98 Å². The normalized spacial score (nSPS) is 11.3. The van der Waals surface area contributed by atoms with Crippen molar-refractivity contribution in [2.75, 3.05) is 0 Å². The van der Waals surface area contributed by atoms with E-state index in [0.29, 0.717) is 0 Å². The van der Waals surface area contributed by atoms with Crippen molar-refractivity contribution in [2.24, 2.45) is 5.73 Å². The van der Waals surface area contributed by atoms with Crippen LogP contribution in [0, 0.1) is 0 Å². The molecule has 0 aliphatic heterocycles. The number of aromatic nitrogens is 1. The number of nitrogens with two attached hydrogens (primary N) is 1. The Labute approximate surface area is 70.7 Å². The molecule has 0 aliphatic rings. The summed E-state index contributed by atoms with van der Waals surface area (Å²) >= 11 is 0. The number of benzene rings is 1. The molecule has 0 bridgehead atoms. The molecule has 0 spiro atoms. The largest absolute Gasteiger partial charge is 0.405 e. The summed E-state index contributed by atoms with van der Waals surface area (Å²) in [6, 6.07) is 8.23. The quantitative estimate of drug-likeness (QED) is 0.655. The van der Waals surface area contributed by atoms with Gasteiger partial charge in [0.1, 0.15) is 0 Å². The number of fused-ring (bicyclic) bond motifs is 1. The maximum Gasteiger partial charge on any atom is 0.0459 e. The fourth-order valence-corrected chi connectivity index (χ4v) is 1.28. The minimum atomic E-state index is 1.12. The Bertz CT molecular complexity index is 412. The van der Waals surface area contributed by atoms with E-state index in [2.05, 4.69) is 17.1 Å². The molecule has 0 atom stereocenters. The number of aromatic amines is 1. The molecule has 0 saturated heterocycles. The van der Waals surface area contributed by atoms with Gasteiger partial charge in [-0.25, -0.2) is 0 Å². The average molecular weight is 158 g/mol. The maximum atomic E-state index is 5.29. The van der Waals surface area contributed by atoms with Crippen molar-refractivity contribution < 1.29 is 0 Å². The van der Waals surface area contributed by atoms with Crippen LogP contribution in [0.15, 0.2) is 36.7 Å². The lowest BCUT2D eigenvalue weighted by atomic mass is 10.1. The van der Waals surface area contributed by atoms with Crippen LogP contribution in [0.3, 0.4) is 0 Å². The van der Waals surface area contributed by atoms with E-state index in [9.17, 15) is 0 Å². The number of nitrogens with one attached hydrogen (secondary N) is 1. The third-order valence-electron chi connectivity index (χ3n) is 1.87. The molecule has 1 heterocycles. The number of rotatable bonds is 1. The van der Waals surface area contributed by atoms with E-state index in [-0.39, 0.29) is 0 Å². The third-order valence-corrected chi connectivity index (χ3v) is 1.87. The summed E-state index contributed by atoms with van der Waals surface area (Å²) in [4.78, 5) is 3.14. The minimum Gasteiger partial charge on any atom is -0.405 e. The van der Waals surface area contributed by atoms with Gasteiger partial charge in [0.05, 0.1) is 0 Å². The molecule has 60 valence electrons. The molecule has 3 N–H and O–H groups in total. The topological polar surface area (TPSA) is 41.8 Å². The molecule has 2 heteroatoms. The summed E-state index contributed by atoms with van der Waals surface area (Å²) < 4.78 is 0. The standard InChI is InChI=1S/C10H10N2/c11-5-3-8-1-2-9-4-6-12-10(9)7-8/h1-7,12H,11H2. The zero-order chi connectivity index (χ0) is 8.39. The van der Waals surface area contributed by atoms with Crippen molar-refractivity contribution in [3.05, 3.63) is 42.2 Å². The summed E-state index contributed by atoms with van der Waals surface area (Å²) in [5, 5.41) is 1.23. The number of hydrogen-bond donors (Lipinski definition) is 2. The van der Waals surface area contributed by atoms with E-state index in [0.717, 1.165) is 11.1 Å². The van der Waals surface area contributed by atoms with E-state index in [1.165, 1.54) is 5.39 Å². The predicted octanol–water partition coefficient (Wildman–Crippen LogP) is 2.10. The molecular weight excluding hydrogens is 148 g/mol. The van der Waals surface area contributed by atoms with Crippen molar-refractivity contribution in [1.29, 1.82) is 0 Å². The molecular formula is C10H10N2. The zero-order valence-electron chi connectivity index (χ0n) is 6.62. The van der Waals surface area contributed by atoms with Gasteiger partial charge in [0.2, 0.25) is 0 Å². The Morgan fingerprint density at radius 3 is 3.00 bits per heavy atom. The Balaban J connectivity index is 2.60. The first-order valence-corrected chi connectivity index (χ1v) is 3.85. The van der Waals surface area contributed by atoms with E-state index < -0.39 is 0 Å². The van der Waals surface area contributed by atoms with Gasteiger partial charge >= 0.3 is 0 Å². The van der Waals surface area contributed by atoms with Crippen LogP contribution in [0.25, 0.3) is 17.0 Å². The van der Waals surface area contributed by atoms with Gasteiger partial charge in [-0.3, -0.25) is 0 Å². The van der Waals surface area contributed by atoms with Crippen molar-refractivity contribution in [3.63, 3.8) is 0 Å². The van der Waals surface area contributed by atoms with Crippen LogP contribution in [0.2, 0.25) is 0 Å². The van der Waals surface area contributed by atoms with Gasteiger partial charge in [0.15, 0.2) is 0 Å². The van der Waals surface area contributed by atoms with Gasteiger partial charge in [-0.15, -0.1) is 0 Å². The summed E-state index contributed by atoms with van der Waals surface area (Å²) in [7, 11) is 0. The highest BCUT2D eigenvalue weighted by atomic mass is 14.7. The van der Waals surface area contributed by atoms with Crippen molar-refractivity contribution in [3.8, 4) is 0 Å². The smallest absolute Gasteiger partial charge is 0.0459 e. The highest BCUT2D eigenvalue weighted by Gasteiger charge is 1.92. The Kier molecular flexibility index (Phi) is 1.59. The third kappa shape index (κ3) is 1.07. The molecule has 12 heavy (non-hydrogen) atoms. The first kappa shape index (κ1) is 6.98. The van der Waals surface area contributed by atoms with Crippen LogP contribution in [0.5, 0.6) is 0 Å². The number of H-pyrrole nitrogens is 1. The van der Waals surface area contributed by atoms with Crippen LogP contribution in [0.4, 0.5) is 0 Å². The molecule has 0 saturated carbocycles.